The van der Waals surface area contributed by atoms with Crippen molar-refractivity contribution >= 4 is 27.3 Å². The lowest BCUT2D eigenvalue weighted by molar-refractivity contribution is -0.120. The highest BCUT2D eigenvalue weighted by atomic mass is 35.5. The van der Waals surface area contributed by atoms with Crippen LogP contribution in [-0.2, 0) is 32.5 Å². The highest BCUT2D eigenvalue weighted by Gasteiger charge is 2.16. The van der Waals surface area contributed by atoms with E-state index in [2.05, 4.69) is 5.32 Å². The molecule has 0 saturated heterocycles. The van der Waals surface area contributed by atoms with Crippen LogP contribution in [0.15, 0.2) is 53.4 Å². The zero-order valence-corrected chi connectivity index (χ0v) is 15.4. The number of rotatable bonds is 8. The summed E-state index contributed by atoms with van der Waals surface area (Å²) in [5.74, 6) is -0.565. The molecule has 0 aliphatic rings. The highest BCUT2D eigenvalue weighted by Crippen LogP contribution is 2.16. The Morgan fingerprint density at radius 3 is 2.36 bits per heavy atom. The van der Waals surface area contributed by atoms with E-state index in [9.17, 15) is 13.2 Å². The van der Waals surface area contributed by atoms with E-state index in [-0.39, 0.29) is 23.0 Å². The average molecular weight is 382 g/mol. The highest BCUT2D eigenvalue weighted by molar-refractivity contribution is 7.91. The Labute approximate surface area is 152 Å². The Morgan fingerprint density at radius 1 is 1.08 bits per heavy atom. The van der Waals surface area contributed by atoms with Gasteiger partial charge in [0, 0.05) is 25.1 Å². The zero-order chi connectivity index (χ0) is 18.3. The summed E-state index contributed by atoms with van der Waals surface area (Å²) in [5.41, 5.74) is 1.93. The second-order valence-electron chi connectivity index (χ2n) is 5.50. The number of methoxy groups -OCH3 is 1. The van der Waals surface area contributed by atoms with Crippen molar-refractivity contribution in [2.75, 3.05) is 12.9 Å². The summed E-state index contributed by atoms with van der Waals surface area (Å²) in [6, 6.07) is 13.5. The fourth-order valence-electron chi connectivity index (χ4n) is 2.30. The molecule has 0 heterocycles. The minimum Gasteiger partial charge on any atom is -0.380 e. The quantitative estimate of drug-likeness (QED) is 0.763. The molecule has 1 N–H and O–H groups in total. The van der Waals surface area contributed by atoms with Crippen LogP contribution < -0.4 is 5.32 Å². The van der Waals surface area contributed by atoms with Gasteiger partial charge in [0.15, 0.2) is 9.84 Å². The maximum atomic E-state index is 12.2. The molecule has 0 aliphatic heterocycles. The van der Waals surface area contributed by atoms with Crippen molar-refractivity contribution in [1.82, 2.24) is 5.32 Å². The molecule has 2 aromatic rings. The molecule has 0 fully saturated rings. The SMILES string of the molecule is COCc1ccccc1CNC(=O)CCS(=O)(=O)c1ccc(Cl)cc1. The zero-order valence-electron chi connectivity index (χ0n) is 13.9. The minimum atomic E-state index is -3.51. The molecule has 25 heavy (non-hydrogen) atoms. The summed E-state index contributed by atoms with van der Waals surface area (Å²) < 4.78 is 29.6. The summed E-state index contributed by atoms with van der Waals surface area (Å²) >= 11 is 5.76. The summed E-state index contributed by atoms with van der Waals surface area (Å²) in [7, 11) is -1.90. The molecule has 2 rings (SSSR count). The third kappa shape index (κ3) is 5.85. The van der Waals surface area contributed by atoms with E-state index in [1.54, 1.807) is 7.11 Å². The number of hydrogen-bond donors (Lipinski definition) is 1. The van der Waals surface area contributed by atoms with Crippen LogP contribution in [0.1, 0.15) is 17.5 Å². The van der Waals surface area contributed by atoms with Crippen molar-refractivity contribution in [1.29, 1.82) is 0 Å². The number of carbonyl (C=O) groups excluding carboxylic acids is 1. The molecule has 0 aromatic heterocycles. The van der Waals surface area contributed by atoms with Gasteiger partial charge in [-0.25, -0.2) is 8.42 Å². The van der Waals surface area contributed by atoms with Gasteiger partial charge in [0.2, 0.25) is 5.91 Å². The van der Waals surface area contributed by atoms with Crippen LogP contribution in [0, 0.1) is 0 Å². The van der Waals surface area contributed by atoms with E-state index in [0.29, 0.717) is 18.2 Å². The fraction of sp³-hybridized carbons (Fsp3) is 0.278. The van der Waals surface area contributed by atoms with Gasteiger partial charge >= 0.3 is 0 Å². The van der Waals surface area contributed by atoms with Crippen molar-refractivity contribution in [2.24, 2.45) is 0 Å². The second kappa shape index (κ2) is 8.99. The molecular weight excluding hydrogens is 362 g/mol. The Hall–Kier alpha value is -1.89. The summed E-state index contributed by atoms with van der Waals surface area (Å²) in [5, 5.41) is 3.22. The van der Waals surface area contributed by atoms with Crippen LogP contribution in [0.5, 0.6) is 0 Å². The van der Waals surface area contributed by atoms with Crippen molar-refractivity contribution in [2.45, 2.75) is 24.5 Å². The first-order valence-corrected chi connectivity index (χ1v) is 9.76. The number of nitrogens with one attached hydrogen (secondary N) is 1. The summed E-state index contributed by atoms with van der Waals surface area (Å²) in [4.78, 5) is 12.2. The first kappa shape index (κ1) is 19.4. The number of hydrogen-bond acceptors (Lipinski definition) is 4. The van der Waals surface area contributed by atoms with Gasteiger partial charge in [-0.1, -0.05) is 35.9 Å². The van der Waals surface area contributed by atoms with Crippen LogP contribution in [0.2, 0.25) is 5.02 Å². The standard InChI is InChI=1S/C18H20ClNO4S/c1-24-13-15-5-3-2-4-14(15)12-20-18(21)10-11-25(22,23)17-8-6-16(19)7-9-17/h2-9H,10-13H2,1H3,(H,20,21). The number of halogens is 1. The number of carbonyl (C=O) groups is 1. The number of ether oxygens (including phenoxy) is 1. The molecule has 0 spiro atoms. The Morgan fingerprint density at radius 2 is 1.72 bits per heavy atom. The fourth-order valence-corrected chi connectivity index (χ4v) is 3.66. The van der Waals surface area contributed by atoms with Gasteiger partial charge in [-0.3, -0.25) is 4.79 Å². The largest absolute Gasteiger partial charge is 0.380 e. The molecule has 7 heteroatoms. The van der Waals surface area contributed by atoms with E-state index >= 15 is 0 Å². The molecular formula is C18H20ClNO4S. The minimum absolute atomic E-state index is 0.0998. The monoisotopic (exact) mass is 381 g/mol. The van der Waals surface area contributed by atoms with Crippen LogP contribution >= 0.6 is 11.6 Å². The molecule has 0 radical (unpaired) electrons. The first-order chi connectivity index (χ1) is 11.9. The summed E-state index contributed by atoms with van der Waals surface area (Å²) in [6.45, 7) is 0.788. The van der Waals surface area contributed by atoms with E-state index in [1.165, 1.54) is 24.3 Å². The third-order valence-electron chi connectivity index (χ3n) is 3.66. The maximum Gasteiger partial charge on any atom is 0.221 e. The van der Waals surface area contributed by atoms with Gasteiger partial charge < -0.3 is 10.1 Å². The Bertz CT molecular complexity index is 819. The maximum absolute atomic E-state index is 12.2. The first-order valence-electron chi connectivity index (χ1n) is 7.73. The van der Waals surface area contributed by atoms with Crippen LogP contribution in [-0.4, -0.2) is 27.2 Å². The average Bonchev–Trinajstić information content (AvgIpc) is 2.60. The van der Waals surface area contributed by atoms with E-state index < -0.39 is 9.84 Å². The Kier molecular flexibility index (Phi) is 6.99. The molecule has 134 valence electrons. The molecule has 0 aliphatic carbocycles. The molecule has 5 nitrogen and oxygen atoms in total. The predicted molar refractivity (Wildman–Crippen MR) is 97.1 cm³/mol. The van der Waals surface area contributed by atoms with E-state index in [1.807, 2.05) is 24.3 Å². The lowest BCUT2D eigenvalue weighted by Crippen LogP contribution is -2.25. The van der Waals surface area contributed by atoms with E-state index in [0.717, 1.165) is 11.1 Å². The lowest BCUT2D eigenvalue weighted by Gasteiger charge is -2.10. The normalized spacial score (nSPS) is 11.3. The van der Waals surface area contributed by atoms with E-state index in [4.69, 9.17) is 16.3 Å². The topological polar surface area (TPSA) is 72.5 Å². The van der Waals surface area contributed by atoms with Gasteiger partial charge in [-0.15, -0.1) is 0 Å². The number of sulfone groups is 1. The smallest absolute Gasteiger partial charge is 0.221 e. The van der Waals surface area contributed by atoms with Gasteiger partial charge in [0.25, 0.3) is 0 Å². The van der Waals surface area contributed by atoms with Crippen molar-refractivity contribution in [3.8, 4) is 0 Å². The van der Waals surface area contributed by atoms with Crippen molar-refractivity contribution in [3.05, 3.63) is 64.7 Å². The third-order valence-corrected chi connectivity index (χ3v) is 5.65. The van der Waals surface area contributed by atoms with Crippen LogP contribution in [0.25, 0.3) is 0 Å². The van der Waals surface area contributed by atoms with Crippen LogP contribution in [0.4, 0.5) is 0 Å². The molecule has 0 unspecified atom stereocenters. The lowest BCUT2D eigenvalue weighted by atomic mass is 10.1. The molecule has 1 amide bonds. The number of benzene rings is 2. The van der Waals surface area contributed by atoms with Gasteiger partial charge in [-0.2, -0.15) is 0 Å². The molecule has 0 atom stereocenters. The summed E-state index contributed by atoms with van der Waals surface area (Å²) in [6.07, 6.45) is -0.0998. The molecule has 2 aromatic carbocycles. The van der Waals surface area contributed by atoms with Gasteiger partial charge in [0.05, 0.1) is 17.3 Å². The van der Waals surface area contributed by atoms with Gasteiger partial charge in [0.1, 0.15) is 0 Å². The molecule has 0 bridgehead atoms. The van der Waals surface area contributed by atoms with Gasteiger partial charge in [-0.05, 0) is 35.4 Å². The van der Waals surface area contributed by atoms with Crippen LogP contribution in [0.3, 0.4) is 0 Å². The number of amides is 1. The molecule has 0 saturated carbocycles. The predicted octanol–water partition coefficient (Wildman–Crippen LogP) is 2.97. The van der Waals surface area contributed by atoms with Crippen molar-refractivity contribution < 1.29 is 17.9 Å². The van der Waals surface area contributed by atoms with Crippen molar-refractivity contribution in [3.63, 3.8) is 0 Å². The Balaban J connectivity index is 1.89. The second-order valence-corrected chi connectivity index (χ2v) is 8.05.